The number of aryl methyl sites for hydroxylation is 1. The average Bonchev–Trinajstić information content (AvgIpc) is 3.29. The Labute approximate surface area is 150 Å². The van der Waals surface area contributed by atoms with Gasteiger partial charge in [0.05, 0.1) is 25.5 Å². The Bertz CT molecular complexity index is 882. The SMILES string of the molecule is CCOC(=O)c1ccc(OCc2nc(-c3ccco3)oc2C)c(OC)c1. The van der Waals surface area contributed by atoms with Gasteiger partial charge in [0.15, 0.2) is 17.3 Å². The molecule has 7 nitrogen and oxygen atoms in total. The van der Waals surface area contributed by atoms with Crippen LogP contribution in [0.5, 0.6) is 11.5 Å². The van der Waals surface area contributed by atoms with Gasteiger partial charge in [-0.05, 0) is 44.2 Å². The summed E-state index contributed by atoms with van der Waals surface area (Å²) in [6.45, 7) is 4.05. The molecule has 0 saturated heterocycles. The van der Waals surface area contributed by atoms with E-state index < -0.39 is 5.97 Å². The Hall–Kier alpha value is -3.22. The topological polar surface area (TPSA) is 83.9 Å². The first-order valence-corrected chi connectivity index (χ1v) is 8.10. The van der Waals surface area contributed by atoms with Gasteiger partial charge in [0.25, 0.3) is 5.89 Å². The summed E-state index contributed by atoms with van der Waals surface area (Å²) in [5.74, 6) is 2.10. The van der Waals surface area contributed by atoms with E-state index in [4.69, 9.17) is 23.0 Å². The van der Waals surface area contributed by atoms with Crippen LogP contribution < -0.4 is 9.47 Å². The number of esters is 1. The zero-order chi connectivity index (χ0) is 18.5. The number of benzene rings is 1. The molecule has 0 saturated carbocycles. The fourth-order valence-electron chi connectivity index (χ4n) is 2.34. The van der Waals surface area contributed by atoms with Crippen molar-refractivity contribution in [2.45, 2.75) is 20.5 Å². The lowest BCUT2D eigenvalue weighted by atomic mass is 10.2. The van der Waals surface area contributed by atoms with Crippen molar-refractivity contribution < 1.29 is 27.8 Å². The number of aromatic nitrogens is 1. The molecule has 136 valence electrons. The minimum absolute atomic E-state index is 0.186. The number of hydrogen-bond acceptors (Lipinski definition) is 7. The first-order chi connectivity index (χ1) is 12.6. The van der Waals surface area contributed by atoms with Crippen molar-refractivity contribution in [1.82, 2.24) is 4.98 Å². The Morgan fingerprint density at radius 2 is 2.08 bits per heavy atom. The Balaban J connectivity index is 1.74. The fourth-order valence-corrected chi connectivity index (χ4v) is 2.34. The maximum atomic E-state index is 11.8. The number of ether oxygens (including phenoxy) is 3. The highest BCUT2D eigenvalue weighted by molar-refractivity contribution is 5.90. The lowest BCUT2D eigenvalue weighted by Gasteiger charge is -2.11. The molecule has 1 aromatic carbocycles. The molecular formula is C19H19NO6. The molecule has 0 radical (unpaired) electrons. The van der Waals surface area contributed by atoms with E-state index in [1.165, 1.54) is 7.11 Å². The van der Waals surface area contributed by atoms with E-state index in [-0.39, 0.29) is 6.61 Å². The molecule has 0 unspecified atom stereocenters. The predicted octanol–water partition coefficient (Wildman–Crippen LogP) is 4.01. The zero-order valence-electron chi connectivity index (χ0n) is 14.8. The zero-order valence-corrected chi connectivity index (χ0v) is 14.8. The van der Waals surface area contributed by atoms with Gasteiger partial charge in [-0.2, -0.15) is 0 Å². The van der Waals surface area contributed by atoms with Gasteiger partial charge in [-0.1, -0.05) is 0 Å². The molecule has 7 heteroatoms. The third-order valence-electron chi connectivity index (χ3n) is 3.66. The number of oxazole rings is 1. The highest BCUT2D eigenvalue weighted by atomic mass is 16.5. The van der Waals surface area contributed by atoms with Crippen molar-refractivity contribution in [3.63, 3.8) is 0 Å². The minimum atomic E-state index is -0.409. The summed E-state index contributed by atoms with van der Waals surface area (Å²) in [5.41, 5.74) is 1.04. The van der Waals surface area contributed by atoms with Crippen LogP contribution in [0.2, 0.25) is 0 Å². The molecule has 2 heterocycles. The maximum absolute atomic E-state index is 11.8. The van der Waals surface area contributed by atoms with Gasteiger partial charge in [-0.15, -0.1) is 0 Å². The number of methoxy groups -OCH3 is 1. The number of rotatable bonds is 7. The van der Waals surface area contributed by atoms with Crippen LogP contribution in [-0.2, 0) is 11.3 Å². The summed E-state index contributed by atoms with van der Waals surface area (Å²) in [6, 6.07) is 8.40. The van der Waals surface area contributed by atoms with Gasteiger partial charge >= 0.3 is 5.97 Å². The van der Waals surface area contributed by atoms with Crippen LogP contribution in [0.15, 0.2) is 45.4 Å². The van der Waals surface area contributed by atoms with Gasteiger partial charge in [0.1, 0.15) is 18.1 Å². The monoisotopic (exact) mass is 357 g/mol. The largest absolute Gasteiger partial charge is 0.493 e. The molecule has 0 atom stereocenters. The van der Waals surface area contributed by atoms with Crippen molar-refractivity contribution in [1.29, 1.82) is 0 Å². The van der Waals surface area contributed by atoms with E-state index in [2.05, 4.69) is 4.98 Å². The van der Waals surface area contributed by atoms with Crippen molar-refractivity contribution in [2.24, 2.45) is 0 Å². The van der Waals surface area contributed by atoms with E-state index >= 15 is 0 Å². The van der Waals surface area contributed by atoms with Crippen LogP contribution in [0.1, 0.15) is 28.7 Å². The Morgan fingerprint density at radius 1 is 1.23 bits per heavy atom. The Morgan fingerprint density at radius 3 is 2.77 bits per heavy atom. The molecule has 0 N–H and O–H groups in total. The normalized spacial score (nSPS) is 10.6. The number of carbonyl (C=O) groups excluding carboxylic acids is 1. The standard InChI is InChI=1S/C19H19NO6/c1-4-23-19(21)13-7-8-15(17(10-13)22-3)25-11-14-12(2)26-18(20-14)16-6-5-9-24-16/h5-10H,4,11H2,1-3H3. The highest BCUT2D eigenvalue weighted by Gasteiger charge is 2.16. The maximum Gasteiger partial charge on any atom is 0.338 e. The molecule has 0 bridgehead atoms. The van der Waals surface area contributed by atoms with Gasteiger partial charge < -0.3 is 23.0 Å². The van der Waals surface area contributed by atoms with Crippen molar-refractivity contribution >= 4 is 5.97 Å². The number of furan rings is 1. The molecule has 0 aliphatic carbocycles. The van der Waals surface area contributed by atoms with Crippen LogP contribution in [0, 0.1) is 6.92 Å². The molecule has 26 heavy (non-hydrogen) atoms. The summed E-state index contributed by atoms with van der Waals surface area (Å²) in [5, 5.41) is 0. The summed E-state index contributed by atoms with van der Waals surface area (Å²) >= 11 is 0. The minimum Gasteiger partial charge on any atom is -0.493 e. The van der Waals surface area contributed by atoms with E-state index in [0.29, 0.717) is 46.8 Å². The molecule has 0 fully saturated rings. The van der Waals surface area contributed by atoms with Crippen molar-refractivity contribution in [2.75, 3.05) is 13.7 Å². The number of hydrogen-bond donors (Lipinski definition) is 0. The third-order valence-corrected chi connectivity index (χ3v) is 3.66. The average molecular weight is 357 g/mol. The molecule has 0 aliphatic heterocycles. The van der Waals surface area contributed by atoms with Crippen LogP contribution in [0.25, 0.3) is 11.7 Å². The van der Waals surface area contributed by atoms with E-state index in [9.17, 15) is 4.79 Å². The quantitative estimate of drug-likeness (QED) is 0.591. The molecule has 0 amide bonds. The lowest BCUT2D eigenvalue weighted by molar-refractivity contribution is 0.0526. The first-order valence-electron chi connectivity index (χ1n) is 8.10. The van der Waals surface area contributed by atoms with Crippen LogP contribution in [-0.4, -0.2) is 24.7 Å². The number of nitrogens with zero attached hydrogens (tertiary/aromatic N) is 1. The first kappa shape index (κ1) is 17.6. The van der Waals surface area contributed by atoms with Crippen molar-refractivity contribution in [3.05, 3.63) is 53.6 Å². The second kappa shape index (κ2) is 7.77. The van der Waals surface area contributed by atoms with E-state index in [1.807, 2.05) is 0 Å². The van der Waals surface area contributed by atoms with Gasteiger partial charge in [-0.3, -0.25) is 0 Å². The van der Waals surface area contributed by atoms with Gasteiger partial charge in [-0.25, -0.2) is 9.78 Å². The van der Waals surface area contributed by atoms with Gasteiger partial charge in [0.2, 0.25) is 0 Å². The van der Waals surface area contributed by atoms with E-state index in [0.717, 1.165) is 0 Å². The van der Waals surface area contributed by atoms with Crippen molar-refractivity contribution in [3.8, 4) is 23.1 Å². The Kier molecular flexibility index (Phi) is 5.26. The molecule has 0 spiro atoms. The van der Waals surface area contributed by atoms with E-state index in [1.54, 1.807) is 50.4 Å². The smallest absolute Gasteiger partial charge is 0.338 e. The molecule has 3 rings (SSSR count). The third kappa shape index (κ3) is 3.72. The molecule has 2 aromatic heterocycles. The summed E-state index contributed by atoms with van der Waals surface area (Å²) in [4.78, 5) is 16.2. The summed E-state index contributed by atoms with van der Waals surface area (Å²) < 4.78 is 27.0. The fraction of sp³-hybridized carbons (Fsp3) is 0.263. The number of carbonyl (C=O) groups is 1. The summed E-state index contributed by atoms with van der Waals surface area (Å²) in [7, 11) is 1.51. The highest BCUT2D eigenvalue weighted by Crippen LogP contribution is 2.30. The summed E-state index contributed by atoms with van der Waals surface area (Å²) in [6.07, 6.45) is 1.56. The van der Waals surface area contributed by atoms with Crippen LogP contribution in [0.4, 0.5) is 0 Å². The molecule has 0 aliphatic rings. The van der Waals surface area contributed by atoms with Crippen LogP contribution in [0.3, 0.4) is 0 Å². The van der Waals surface area contributed by atoms with Gasteiger partial charge in [0, 0.05) is 0 Å². The molecule has 3 aromatic rings. The second-order valence-electron chi connectivity index (χ2n) is 5.37. The lowest BCUT2D eigenvalue weighted by Crippen LogP contribution is -2.06. The molecular weight excluding hydrogens is 338 g/mol. The van der Waals surface area contributed by atoms with Crippen LogP contribution >= 0.6 is 0 Å². The predicted molar refractivity (Wildman–Crippen MR) is 92.2 cm³/mol. The second-order valence-corrected chi connectivity index (χ2v) is 5.37.